The zero-order valence-electron chi connectivity index (χ0n) is 7.43. The summed E-state index contributed by atoms with van der Waals surface area (Å²) in [5.41, 5.74) is 0.557. The lowest BCUT2D eigenvalue weighted by Crippen LogP contribution is -2.28. The minimum Gasteiger partial charge on any atom is -0.271 e. The van der Waals surface area contributed by atoms with Gasteiger partial charge in [-0.25, -0.2) is 5.06 Å². The first-order chi connectivity index (χ1) is 6.29. The van der Waals surface area contributed by atoms with Crippen LogP contribution in [0, 0.1) is 0 Å². The fourth-order valence-corrected chi connectivity index (χ4v) is 1.32. The molecule has 0 bridgehead atoms. The number of carbonyl (C=O) groups excluding carboxylic acids is 1. The largest absolute Gasteiger partial charge is 0.295 e. The normalized spacial score (nSPS) is 16.5. The van der Waals surface area contributed by atoms with Gasteiger partial charge in [0.25, 0.3) is 5.91 Å². The number of aryl methyl sites for hydroxylation is 1. The van der Waals surface area contributed by atoms with E-state index in [4.69, 9.17) is 4.84 Å². The molecule has 1 aromatic heterocycles. The summed E-state index contributed by atoms with van der Waals surface area (Å²) in [6.07, 6.45) is 2.51. The predicted octanol–water partition coefficient (Wildman–Crippen LogP) is 0.198. The minimum absolute atomic E-state index is 0.113. The van der Waals surface area contributed by atoms with Crippen LogP contribution in [-0.4, -0.2) is 33.9 Å². The van der Waals surface area contributed by atoms with Crippen LogP contribution < -0.4 is 0 Å². The molecule has 1 amide bonds. The second kappa shape index (κ2) is 3.18. The van der Waals surface area contributed by atoms with Gasteiger partial charge >= 0.3 is 0 Å². The van der Waals surface area contributed by atoms with E-state index >= 15 is 0 Å². The van der Waals surface area contributed by atoms with Gasteiger partial charge in [-0.05, 0) is 12.5 Å². The number of amides is 1. The summed E-state index contributed by atoms with van der Waals surface area (Å²) in [5.74, 6) is -0.113. The van der Waals surface area contributed by atoms with Gasteiger partial charge < -0.3 is 0 Å². The van der Waals surface area contributed by atoms with Crippen LogP contribution in [0.5, 0.6) is 0 Å². The van der Waals surface area contributed by atoms with Crippen molar-refractivity contribution in [3.63, 3.8) is 0 Å². The van der Waals surface area contributed by atoms with Crippen LogP contribution >= 0.6 is 0 Å². The Morgan fingerprint density at radius 2 is 2.54 bits per heavy atom. The Morgan fingerprint density at radius 3 is 3.08 bits per heavy atom. The Labute approximate surface area is 75.8 Å². The molecule has 0 aliphatic carbocycles. The number of hydrogen-bond donors (Lipinski definition) is 0. The zero-order chi connectivity index (χ0) is 9.26. The molecule has 2 rings (SSSR count). The van der Waals surface area contributed by atoms with Gasteiger partial charge in [-0.3, -0.25) is 14.3 Å². The summed E-state index contributed by atoms with van der Waals surface area (Å²) in [7, 11) is 1.74. The molecule has 5 nitrogen and oxygen atoms in total. The summed E-state index contributed by atoms with van der Waals surface area (Å²) in [5, 5.41) is 5.31. The van der Waals surface area contributed by atoms with Crippen molar-refractivity contribution in [3.8, 4) is 0 Å². The van der Waals surface area contributed by atoms with Crippen molar-refractivity contribution >= 4 is 5.91 Å². The molecule has 0 atom stereocenters. The molecule has 5 heteroatoms. The third-order valence-corrected chi connectivity index (χ3v) is 2.02. The highest BCUT2D eigenvalue weighted by Crippen LogP contribution is 2.09. The maximum atomic E-state index is 11.7. The summed E-state index contributed by atoms with van der Waals surface area (Å²) in [6.45, 7) is 1.30. The van der Waals surface area contributed by atoms with Crippen molar-refractivity contribution in [1.82, 2.24) is 14.8 Å². The first-order valence-electron chi connectivity index (χ1n) is 4.22. The topological polar surface area (TPSA) is 47.4 Å². The molecule has 0 radical (unpaired) electrons. The number of carbonyl (C=O) groups is 1. The van der Waals surface area contributed by atoms with E-state index in [2.05, 4.69) is 5.10 Å². The van der Waals surface area contributed by atoms with Gasteiger partial charge in [0.2, 0.25) is 0 Å². The Bertz CT molecular complexity index is 315. The molecule has 1 fully saturated rings. The molecule has 2 heterocycles. The molecule has 1 aliphatic heterocycles. The Morgan fingerprint density at radius 1 is 1.69 bits per heavy atom. The van der Waals surface area contributed by atoms with E-state index in [9.17, 15) is 4.79 Å². The number of hydroxylamine groups is 2. The average molecular weight is 181 g/mol. The second-order valence-electron chi connectivity index (χ2n) is 2.93. The minimum atomic E-state index is -0.113. The highest BCUT2D eigenvalue weighted by atomic mass is 16.7. The summed E-state index contributed by atoms with van der Waals surface area (Å²) < 4.78 is 1.55. The molecular weight excluding hydrogens is 170 g/mol. The lowest BCUT2D eigenvalue weighted by atomic mass is 10.4. The molecule has 1 aromatic rings. The van der Waals surface area contributed by atoms with Gasteiger partial charge in [-0.2, -0.15) is 5.10 Å². The molecule has 0 aromatic carbocycles. The van der Waals surface area contributed by atoms with Gasteiger partial charge in [0.1, 0.15) is 5.69 Å². The third kappa shape index (κ3) is 1.42. The lowest BCUT2D eigenvalue weighted by Gasteiger charge is -2.13. The van der Waals surface area contributed by atoms with Crippen molar-refractivity contribution in [1.29, 1.82) is 0 Å². The van der Waals surface area contributed by atoms with Crippen LogP contribution in [0.1, 0.15) is 16.9 Å². The molecule has 1 aliphatic rings. The molecule has 0 saturated carbocycles. The fraction of sp³-hybridized carbons (Fsp3) is 0.500. The zero-order valence-corrected chi connectivity index (χ0v) is 7.43. The van der Waals surface area contributed by atoms with Crippen molar-refractivity contribution < 1.29 is 9.63 Å². The maximum Gasteiger partial charge on any atom is 0.295 e. The monoisotopic (exact) mass is 181 g/mol. The van der Waals surface area contributed by atoms with E-state index in [-0.39, 0.29) is 5.91 Å². The summed E-state index contributed by atoms with van der Waals surface area (Å²) in [4.78, 5) is 16.8. The van der Waals surface area contributed by atoms with Crippen LogP contribution in [0.25, 0.3) is 0 Å². The van der Waals surface area contributed by atoms with Gasteiger partial charge in [-0.15, -0.1) is 0 Å². The number of nitrogens with zero attached hydrogens (tertiary/aromatic N) is 3. The Kier molecular flexibility index (Phi) is 2.02. The SMILES string of the molecule is Cn1nccc1C(=O)N1CCCO1. The van der Waals surface area contributed by atoms with Crippen LogP contribution in [0.15, 0.2) is 12.3 Å². The highest BCUT2D eigenvalue weighted by Gasteiger charge is 2.22. The Balaban J connectivity index is 2.17. The lowest BCUT2D eigenvalue weighted by molar-refractivity contribution is -0.0774. The molecule has 70 valence electrons. The fourth-order valence-electron chi connectivity index (χ4n) is 1.32. The molecule has 0 unspecified atom stereocenters. The van der Waals surface area contributed by atoms with Crippen molar-refractivity contribution in [2.24, 2.45) is 7.05 Å². The first-order valence-corrected chi connectivity index (χ1v) is 4.22. The number of rotatable bonds is 1. The Hall–Kier alpha value is -1.36. The summed E-state index contributed by atoms with van der Waals surface area (Å²) in [6, 6.07) is 1.68. The highest BCUT2D eigenvalue weighted by molar-refractivity contribution is 5.91. The third-order valence-electron chi connectivity index (χ3n) is 2.02. The van der Waals surface area contributed by atoms with E-state index < -0.39 is 0 Å². The average Bonchev–Trinajstić information content (AvgIpc) is 2.72. The maximum absolute atomic E-state index is 11.7. The van der Waals surface area contributed by atoms with Crippen LogP contribution in [0.3, 0.4) is 0 Å². The molecule has 13 heavy (non-hydrogen) atoms. The molecule has 0 spiro atoms. The quantitative estimate of drug-likeness (QED) is 0.621. The van der Waals surface area contributed by atoms with E-state index in [1.165, 1.54) is 5.06 Å². The molecule has 0 N–H and O–H groups in total. The predicted molar refractivity (Wildman–Crippen MR) is 44.8 cm³/mol. The van der Waals surface area contributed by atoms with Crippen LogP contribution in [0.4, 0.5) is 0 Å². The van der Waals surface area contributed by atoms with Gasteiger partial charge in [0.15, 0.2) is 0 Å². The van der Waals surface area contributed by atoms with Crippen LogP contribution in [-0.2, 0) is 11.9 Å². The van der Waals surface area contributed by atoms with Gasteiger partial charge in [0.05, 0.1) is 13.2 Å². The standard InChI is InChI=1S/C8H11N3O2/c1-10-7(3-4-9-10)8(12)11-5-2-6-13-11/h3-4H,2,5-6H2,1H3. The van der Waals surface area contributed by atoms with Crippen molar-refractivity contribution in [3.05, 3.63) is 18.0 Å². The van der Waals surface area contributed by atoms with E-state index in [1.807, 2.05) is 0 Å². The van der Waals surface area contributed by atoms with Crippen LogP contribution in [0.2, 0.25) is 0 Å². The van der Waals surface area contributed by atoms with Gasteiger partial charge in [0, 0.05) is 13.2 Å². The first kappa shape index (κ1) is 8.25. The summed E-state index contributed by atoms with van der Waals surface area (Å²) >= 11 is 0. The molecular formula is C8H11N3O2. The van der Waals surface area contributed by atoms with Gasteiger partial charge in [-0.1, -0.05) is 0 Å². The van der Waals surface area contributed by atoms with E-state index in [0.29, 0.717) is 18.8 Å². The molecule has 1 saturated heterocycles. The second-order valence-corrected chi connectivity index (χ2v) is 2.93. The smallest absolute Gasteiger partial charge is 0.271 e. The van der Waals surface area contributed by atoms with Crippen molar-refractivity contribution in [2.45, 2.75) is 6.42 Å². The van der Waals surface area contributed by atoms with Crippen molar-refractivity contribution in [2.75, 3.05) is 13.2 Å². The van der Waals surface area contributed by atoms with E-state index in [0.717, 1.165) is 6.42 Å². The number of hydrogen-bond acceptors (Lipinski definition) is 3. The number of aromatic nitrogens is 2. The van der Waals surface area contributed by atoms with E-state index in [1.54, 1.807) is 24.0 Å².